The summed E-state index contributed by atoms with van der Waals surface area (Å²) in [6.45, 7) is 2.65. The van der Waals surface area contributed by atoms with Crippen LogP contribution in [0.1, 0.15) is 22.9 Å². The molecule has 1 atom stereocenters. The molecule has 7 nitrogen and oxygen atoms in total. The van der Waals surface area contributed by atoms with Gasteiger partial charge in [0, 0.05) is 19.3 Å². The van der Waals surface area contributed by atoms with E-state index < -0.39 is 21.9 Å². The average Bonchev–Trinajstić information content (AvgIpc) is 2.76. The van der Waals surface area contributed by atoms with E-state index in [1.54, 1.807) is 18.5 Å². The van der Waals surface area contributed by atoms with Gasteiger partial charge in [0.15, 0.2) is 0 Å². The average molecular weight is 443 g/mol. The summed E-state index contributed by atoms with van der Waals surface area (Å²) in [7, 11) is -3.61. The number of aryl methyl sites for hydroxylation is 1. The second kappa shape index (κ2) is 9.09. The molecule has 162 valence electrons. The van der Waals surface area contributed by atoms with Crippen LogP contribution in [-0.4, -0.2) is 42.4 Å². The molecular formula is C22H23FN4O3S. The summed E-state index contributed by atoms with van der Waals surface area (Å²) in [5.74, 6) is 0.0453. The van der Waals surface area contributed by atoms with Gasteiger partial charge in [-0.2, -0.15) is 4.31 Å². The highest BCUT2D eigenvalue weighted by molar-refractivity contribution is 7.88. The van der Waals surface area contributed by atoms with Crippen LogP contribution in [-0.2, 0) is 20.5 Å². The van der Waals surface area contributed by atoms with Gasteiger partial charge in [0.1, 0.15) is 17.7 Å². The number of rotatable bonds is 6. The molecule has 0 spiro atoms. The second-order valence-corrected chi connectivity index (χ2v) is 9.34. The number of ether oxygens (including phenoxy) is 1. The fourth-order valence-corrected chi connectivity index (χ4v) is 4.91. The van der Waals surface area contributed by atoms with E-state index in [9.17, 15) is 12.8 Å². The van der Waals surface area contributed by atoms with Gasteiger partial charge < -0.3 is 10.1 Å². The predicted octanol–water partition coefficient (Wildman–Crippen LogP) is 3.57. The van der Waals surface area contributed by atoms with E-state index >= 15 is 0 Å². The first-order valence-corrected chi connectivity index (χ1v) is 11.5. The van der Waals surface area contributed by atoms with E-state index in [-0.39, 0.29) is 25.4 Å². The Morgan fingerprint density at radius 1 is 1.19 bits per heavy atom. The molecule has 1 aliphatic heterocycles. The van der Waals surface area contributed by atoms with E-state index in [0.717, 1.165) is 17.1 Å². The van der Waals surface area contributed by atoms with E-state index in [1.807, 2.05) is 31.2 Å². The quantitative estimate of drug-likeness (QED) is 0.628. The van der Waals surface area contributed by atoms with Crippen molar-refractivity contribution >= 4 is 21.5 Å². The number of nitrogens with one attached hydrogen (secondary N) is 1. The molecule has 0 unspecified atom stereocenters. The maximum atomic E-state index is 13.4. The topological polar surface area (TPSA) is 84.4 Å². The molecule has 2 aromatic heterocycles. The lowest BCUT2D eigenvalue weighted by molar-refractivity contribution is -0.00497. The van der Waals surface area contributed by atoms with Crippen molar-refractivity contribution in [2.24, 2.45) is 0 Å². The zero-order valence-electron chi connectivity index (χ0n) is 17.0. The number of nitrogens with zero attached hydrogens (tertiary/aromatic N) is 3. The summed E-state index contributed by atoms with van der Waals surface area (Å²) in [4.78, 5) is 8.76. The lowest BCUT2D eigenvalue weighted by Crippen LogP contribution is -2.42. The van der Waals surface area contributed by atoms with Gasteiger partial charge in [0.05, 0.1) is 29.9 Å². The molecule has 0 aliphatic carbocycles. The Hall–Kier alpha value is -2.88. The number of hydrogen-bond acceptors (Lipinski definition) is 6. The number of aromatic nitrogens is 2. The normalized spacial score (nSPS) is 17.4. The van der Waals surface area contributed by atoms with E-state index in [4.69, 9.17) is 4.74 Å². The molecule has 31 heavy (non-hydrogen) atoms. The minimum Gasteiger partial charge on any atom is -0.369 e. The first kappa shape index (κ1) is 21.4. The molecule has 0 amide bonds. The molecule has 1 N–H and O–H groups in total. The van der Waals surface area contributed by atoms with Crippen LogP contribution in [0.25, 0.3) is 0 Å². The maximum Gasteiger partial charge on any atom is 0.218 e. The molecular weight excluding hydrogens is 419 g/mol. The lowest BCUT2D eigenvalue weighted by atomic mass is 10.2. The molecule has 1 aliphatic rings. The number of hydrogen-bond donors (Lipinski definition) is 1. The summed E-state index contributed by atoms with van der Waals surface area (Å²) >= 11 is 0. The lowest BCUT2D eigenvalue weighted by Gasteiger charge is -2.32. The number of anilines is 2. The second-order valence-electron chi connectivity index (χ2n) is 7.37. The van der Waals surface area contributed by atoms with Gasteiger partial charge in [-0.25, -0.2) is 17.8 Å². The Balaban J connectivity index is 1.44. The SMILES string of the molecule is Cc1cccnc1Nc1ccc([C@@H]2CN(S(=O)(=O)Cc3cccc(F)c3)CCO2)nc1. The molecule has 0 saturated carbocycles. The first-order valence-electron chi connectivity index (χ1n) is 9.89. The number of benzene rings is 1. The summed E-state index contributed by atoms with van der Waals surface area (Å²) < 4.78 is 46.3. The van der Waals surface area contributed by atoms with Crippen LogP contribution in [0.15, 0.2) is 60.9 Å². The third-order valence-corrected chi connectivity index (χ3v) is 6.87. The molecule has 1 aromatic carbocycles. The van der Waals surface area contributed by atoms with Crippen molar-refractivity contribution in [1.29, 1.82) is 0 Å². The largest absolute Gasteiger partial charge is 0.369 e. The van der Waals surface area contributed by atoms with Crippen molar-refractivity contribution in [2.45, 2.75) is 18.8 Å². The van der Waals surface area contributed by atoms with E-state index in [0.29, 0.717) is 11.3 Å². The molecule has 9 heteroatoms. The van der Waals surface area contributed by atoms with Crippen LogP contribution in [0.4, 0.5) is 15.9 Å². The molecule has 0 bridgehead atoms. The van der Waals surface area contributed by atoms with Gasteiger partial charge in [-0.15, -0.1) is 0 Å². The smallest absolute Gasteiger partial charge is 0.218 e. The molecule has 3 heterocycles. The van der Waals surface area contributed by atoms with Gasteiger partial charge in [-0.3, -0.25) is 4.98 Å². The highest BCUT2D eigenvalue weighted by Gasteiger charge is 2.31. The Kier molecular flexibility index (Phi) is 6.26. The third-order valence-electron chi connectivity index (χ3n) is 5.05. The Bertz CT molecular complexity index is 1160. The van der Waals surface area contributed by atoms with Crippen LogP contribution in [0.3, 0.4) is 0 Å². The predicted molar refractivity (Wildman–Crippen MR) is 116 cm³/mol. The monoisotopic (exact) mass is 442 g/mol. The fraction of sp³-hybridized carbons (Fsp3) is 0.273. The molecule has 1 saturated heterocycles. The van der Waals surface area contributed by atoms with Crippen molar-refractivity contribution in [3.05, 3.63) is 83.6 Å². The Morgan fingerprint density at radius 3 is 2.81 bits per heavy atom. The molecule has 4 rings (SSSR count). The minimum atomic E-state index is -3.61. The summed E-state index contributed by atoms with van der Waals surface area (Å²) in [6.07, 6.45) is 2.92. The third kappa shape index (κ3) is 5.25. The molecule has 1 fully saturated rings. The zero-order chi connectivity index (χ0) is 21.8. The highest BCUT2D eigenvalue weighted by atomic mass is 32.2. The van der Waals surface area contributed by atoms with Crippen LogP contribution >= 0.6 is 0 Å². The van der Waals surface area contributed by atoms with Gasteiger partial charge in [0.25, 0.3) is 0 Å². The Labute approximate surface area is 181 Å². The van der Waals surface area contributed by atoms with Gasteiger partial charge in [0.2, 0.25) is 10.0 Å². The van der Waals surface area contributed by atoms with Crippen LogP contribution in [0.5, 0.6) is 0 Å². The van der Waals surface area contributed by atoms with Crippen molar-refractivity contribution in [3.63, 3.8) is 0 Å². The zero-order valence-corrected chi connectivity index (χ0v) is 17.8. The van der Waals surface area contributed by atoms with Crippen molar-refractivity contribution in [1.82, 2.24) is 14.3 Å². The van der Waals surface area contributed by atoms with Gasteiger partial charge in [-0.05, 0) is 48.4 Å². The molecule has 0 radical (unpaired) electrons. The number of pyridine rings is 2. The first-order chi connectivity index (χ1) is 14.9. The van der Waals surface area contributed by atoms with E-state index in [1.165, 1.54) is 22.5 Å². The number of morpholine rings is 1. The number of halogens is 1. The van der Waals surface area contributed by atoms with Crippen LogP contribution < -0.4 is 5.32 Å². The summed E-state index contributed by atoms with van der Waals surface area (Å²) in [5.41, 5.74) is 2.86. The van der Waals surface area contributed by atoms with Crippen molar-refractivity contribution < 1.29 is 17.5 Å². The standard InChI is InChI=1S/C22H23FN4O3S/c1-16-4-3-9-24-22(16)26-19-7-8-20(25-13-19)21-14-27(10-11-30-21)31(28,29)15-17-5-2-6-18(23)12-17/h2-9,12-13,21H,10-11,14-15H2,1H3,(H,24,26)/t21-/m0/s1. The van der Waals surface area contributed by atoms with Gasteiger partial charge in [-0.1, -0.05) is 18.2 Å². The highest BCUT2D eigenvalue weighted by Crippen LogP contribution is 2.25. The maximum absolute atomic E-state index is 13.4. The van der Waals surface area contributed by atoms with Crippen molar-refractivity contribution in [3.8, 4) is 0 Å². The van der Waals surface area contributed by atoms with Crippen LogP contribution in [0, 0.1) is 12.7 Å². The molecule has 3 aromatic rings. The fourth-order valence-electron chi connectivity index (χ4n) is 3.41. The van der Waals surface area contributed by atoms with Crippen LogP contribution in [0.2, 0.25) is 0 Å². The van der Waals surface area contributed by atoms with E-state index in [2.05, 4.69) is 15.3 Å². The Morgan fingerprint density at radius 2 is 2.06 bits per heavy atom. The van der Waals surface area contributed by atoms with Gasteiger partial charge >= 0.3 is 0 Å². The minimum absolute atomic E-state index is 0.163. The summed E-state index contributed by atoms with van der Waals surface area (Å²) in [6, 6.07) is 13.2. The number of sulfonamides is 1. The summed E-state index contributed by atoms with van der Waals surface area (Å²) in [5, 5.41) is 3.22. The van der Waals surface area contributed by atoms with Crippen molar-refractivity contribution in [2.75, 3.05) is 25.0 Å².